The van der Waals surface area contributed by atoms with Crippen LogP contribution in [0.25, 0.3) is 22.8 Å². The number of hydrogen-bond acceptors (Lipinski definition) is 6. The number of amides is 1. The van der Waals surface area contributed by atoms with Gasteiger partial charge in [0.1, 0.15) is 24.0 Å². The van der Waals surface area contributed by atoms with Crippen LogP contribution in [0.15, 0.2) is 58.5 Å². The summed E-state index contributed by atoms with van der Waals surface area (Å²) in [7, 11) is 0. The molecule has 1 fully saturated rings. The van der Waals surface area contributed by atoms with Crippen molar-refractivity contribution in [3.05, 3.63) is 90.7 Å². The Morgan fingerprint density at radius 1 is 1.13 bits per heavy atom. The lowest BCUT2D eigenvalue weighted by Crippen LogP contribution is -2.45. The van der Waals surface area contributed by atoms with E-state index in [1.54, 1.807) is 18.2 Å². The molecule has 0 atom stereocenters. The van der Waals surface area contributed by atoms with Crippen LogP contribution in [0.3, 0.4) is 0 Å². The van der Waals surface area contributed by atoms with Crippen molar-refractivity contribution in [1.82, 2.24) is 34.1 Å². The first-order valence-corrected chi connectivity index (χ1v) is 13.4. The average molecular weight is 645 g/mol. The van der Waals surface area contributed by atoms with Gasteiger partial charge < -0.3 is 9.88 Å². The quantitative estimate of drug-likeness (QED) is 0.269. The third-order valence-corrected chi connectivity index (χ3v) is 7.74. The predicted molar refractivity (Wildman–Crippen MR) is 147 cm³/mol. The normalized spacial score (nSPS) is 18.8. The molecule has 2 aliphatic rings. The minimum atomic E-state index is -0.666. The van der Waals surface area contributed by atoms with Gasteiger partial charge in [-0.1, -0.05) is 10.5 Å². The Bertz CT molecular complexity index is 1750. The van der Waals surface area contributed by atoms with E-state index in [4.69, 9.17) is 0 Å². The van der Waals surface area contributed by atoms with Crippen LogP contribution >= 0.6 is 22.6 Å². The zero-order valence-corrected chi connectivity index (χ0v) is 22.6. The zero-order chi connectivity index (χ0) is 27.3. The Labute approximate surface area is 233 Å². The van der Waals surface area contributed by atoms with Gasteiger partial charge in [-0.05, 0) is 78.6 Å². The topological polar surface area (TPSA) is 107 Å². The third-order valence-electron chi connectivity index (χ3n) is 7.07. The van der Waals surface area contributed by atoms with Crippen molar-refractivity contribution in [2.75, 3.05) is 0 Å². The van der Waals surface area contributed by atoms with Crippen molar-refractivity contribution < 1.29 is 13.7 Å². The molecule has 13 heteroatoms. The summed E-state index contributed by atoms with van der Waals surface area (Å²) in [6, 6.07) is 7.70. The fourth-order valence-corrected chi connectivity index (χ4v) is 5.74. The van der Waals surface area contributed by atoms with Gasteiger partial charge in [-0.25, -0.2) is 23.7 Å². The van der Waals surface area contributed by atoms with Gasteiger partial charge >= 0.3 is 5.69 Å². The molecular formula is C26H22F2IN7O3. The largest absolute Gasteiger partial charge is 0.348 e. The molecule has 1 aliphatic heterocycles. The zero-order valence-electron chi connectivity index (χ0n) is 20.4. The molecule has 0 unspecified atom stereocenters. The number of fused-ring (bicyclic) bond motifs is 2. The second-order valence-electron chi connectivity index (χ2n) is 9.59. The van der Waals surface area contributed by atoms with E-state index in [0.717, 1.165) is 15.8 Å². The first-order valence-electron chi connectivity index (χ1n) is 12.4. The van der Waals surface area contributed by atoms with E-state index in [1.807, 2.05) is 6.07 Å². The van der Waals surface area contributed by atoms with Crippen molar-refractivity contribution in [1.29, 1.82) is 0 Å². The number of halogens is 3. The maximum atomic E-state index is 14.1. The number of nitrogens with one attached hydrogen (secondary N) is 1. The van der Waals surface area contributed by atoms with Gasteiger partial charge in [0.25, 0.3) is 11.5 Å². The number of pyridine rings is 1. The van der Waals surface area contributed by atoms with Crippen LogP contribution in [0.1, 0.15) is 48.0 Å². The van der Waals surface area contributed by atoms with Gasteiger partial charge in [0, 0.05) is 28.1 Å². The van der Waals surface area contributed by atoms with E-state index >= 15 is 0 Å². The lowest BCUT2D eigenvalue weighted by atomic mass is 9.90. The van der Waals surface area contributed by atoms with Gasteiger partial charge in [0.15, 0.2) is 5.65 Å². The molecule has 1 aromatic carbocycles. The molecular weight excluding hydrogens is 623 g/mol. The number of carbonyl (C=O) groups is 1. The Balaban J connectivity index is 1.26. The molecule has 0 bridgehead atoms. The highest BCUT2D eigenvalue weighted by atomic mass is 127. The smallest absolute Gasteiger partial charge is 0.337 e. The standard InChI is InChI=1S/C26H22F2IN7O3/c27-15-10-20-23(30-12-15)35(19-3-1-2-16(29)11-19)26(39)36(25(20)38)18-6-4-17(5-7-18)31-24(37)21-13-33-14-34(28)9-8-22(33)32-21/h1-3,8-13,17-18H,4-7,14H2,(H,31,37). The number of rotatable bonds is 4. The lowest BCUT2D eigenvalue weighted by Gasteiger charge is -2.30. The van der Waals surface area contributed by atoms with Crippen LogP contribution in [-0.4, -0.2) is 40.7 Å². The summed E-state index contributed by atoms with van der Waals surface area (Å²) in [6.45, 7) is -0.0448. The predicted octanol–water partition coefficient (Wildman–Crippen LogP) is 3.53. The summed E-state index contributed by atoms with van der Waals surface area (Å²) < 4.78 is 32.5. The second-order valence-corrected chi connectivity index (χ2v) is 10.8. The summed E-state index contributed by atoms with van der Waals surface area (Å²) in [4.78, 5) is 48.3. The molecule has 1 amide bonds. The lowest BCUT2D eigenvalue weighted by molar-refractivity contribution is 0.0492. The molecule has 4 heterocycles. The number of imidazole rings is 1. The number of hydrogen-bond donors (Lipinski definition) is 1. The van der Waals surface area contributed by atoms with E-state index in [1.165, 1.54) is 32.2 Å². The first-order chi connectivity index (χ1) is 18.8. The molecule has 0 spiro atoms. The molecule has 200 valence electrons. The SMILES string of the molecule is O=C(NC1CCC(n2c(=O)c3cc(F)cnc3n(-c3cccc(I)c3)c2=O)CC1)c1cn2c(n1)C=CN(F)C2. The highest BCUT2D eigenvalue weighted by Gasteiger charge is 2.29. The summed E-state index contributed by atoms with van der Waals surface area (Å²) in [5.74, 6) is -0.547. The van der Waals surface area contributed by atoms with Crippen molar-refractivity contribution >= 4 is 45.6 Å². The molecule has 0 radical (unpaired) electrons. The molecule has 0 saturated heterocycles. The molecule has 39 heavy (non-hydrogen) atoms. The number of aromatic nitrogens is 5. The van der Waals surface area contributed by atoms with Crippen LogP contribution in [0.4, 0.5) is 8.87 Å². The van der Waals surface area contributed by atoms with E-state index in [2.05, 4.69) is 37.9 Å². The Morgan fingerprint density at radius 2 is 1.92 bits per heavy atom. The molecule has 10 nitrogen and oxygen atoms in total. The minimum absolute atomic E-state index is 0.0218. The Morgan fingerprint density at radius 3 is 2.69 bits per heavy atom. The molecule has 4 aromatic rings. The fourth-order valence-electron chi connectivity index (χ4n) is 5.22. The minimum Gasteiger partial charge on any atom is -0.348 e. The molecule has 1 N–H and O–H groups in total. The van der Waals surface area contributed by atoms with Crippen molar-refractivity contribution in [3.63, 3.8) is 0 Å². The highest BCUT2D eigenvalue weighted by Crippen LogP contribution is 2.28. The maximum Gasteiger partial charge on any atom is 0.337 e. The van der Waals surface area contributed by atoms with E-state index in [-0.39, 0.29) is 35.3 Å². The van der Waals surface area contributed by atoms with Crippen LogP contribution in [0.2, 0.25) is 0 Å². The summed E-state index contributed by atoms with van der Waals surface area (Å²) in [5, 5.41) is 3.47. The first kappa shape index (κ1) is 25.4. The highest BCUT2D eigenvalue weighted by molar-refractivity contribution is 14.1. The van der Waals surface area contributed by atoms with Crippen LogP contribution in [-0.2, 0) is 6.67 Å². The molecule has 1 saturated carbocycles. The second kappa shape index (κ2) is 10.0. The Kier molecular flexibility index (Phi) is 6.53. The van der Waals surface area contributed by atoms with E-state index < -0.39 is 23.1 Å². The monoisotopic (exact) mass is 645 g/mol. The number of benzene rings is 1. The summed E-state index contributed by atoms with van der Waals surface area (Å²) in [5.41, 5.74) is -0.319. The van der Waals surface area contributed by atoms with Gasteiger partial charge in [-0.3, -0.25) is 14.2 Å². The number of nitrogens with zero attached hydrogens (tertiary/aromatic N) is 6. The van der Waals surface area contributed by atoms with E-state index in [0.29, 0.717) is 42.3 Å². The molecule has 1 aliphatic carbocycles. The van der Waals surface area contributed by atoms with Crippen molar-refractivity contribution in [3.8, 4) is 5.69 Å². The van der Waals surface area contributed by atoms with Gasteiger partial charge in [-0.15, -0.1) is 0 Å². The summed E-state index contributed by atoms with van der Waals surface area (Å²) in [6.07, 6.45) is 7.19. The van der Waals surface area contributed by atoms with Crippen LogP contribution in [0, 0.1) is 9.39 Å². The van der Waals surface area contributed by atoms with E-state index in [9.17, 15) is 23.3 Å². The summed E-state index contributed by atoms with van der Waals surface area (Å²) >= 11 is 2.13. The fraction of sp³-hybridized carbons (Fsp3) is 0.269. The molecule has 6 rings (SSSR count). The number of carbonyl (C=O) groups excluding carboxylic acids is 1. The van der Waals surface area contributed by atoms with Crippen molar-refractivity contribution in [2.45, 2.75) is 44.4 Å². The van der Waals surface area contributed by atoms with Gasteiger partial charge in [0.05, 0.1) is 17.3 Å². The van der Waals surface area contributed by atoms with Crippen LogP contribution < -0.4 is 16.6 Å². The van der Waals surface area contributed by atoms with Gasteiger partial charge in [-0.2, -0.15) is 5.12 Å². The molecule has 3 aromatic heterocycles. The third kappa shape index (κ3) is 4.75. The van der Waals surface area contributed by atoms with Crippen molar-refractivity contribution in [2.24, 2.45) is 0 Å². The maximum absolute atomic E-state index is 14.1. The average Bonchev–Trinajstić information content (AvgIpc) is 3.34. The Hall–Kier alpha value is -3.88. The van der Waals surface area contributed by atoms with Gasteiger partial charge in [0.2, 0.25) is 0 Å². The van der Waals surface area contributed by atoms with Crippen LogP contribution in [0.5, 0.6) is 0 Å².